The molecule has 0 saturated heterocycles. The number of Topliss-reactive ketones (excluding diaryl/α,β-unsaturated/α-hetero) is 1. The van der Waals surface area contributed by atoms with Crippen molar-refractivity contribution in [2.75, 3.05) is 13.2 Å². The van der Waals surface area contributed by atoms with Crippen LogP contribution >= 0.6 is 0 Å². The van der Waals surface area contributed by atoms with E-state index in [0.29, 0.717) is 32.2 Å². The van der Waals surface area contributed by atoms with Crippen LogP contribution in [-0.4, -0.2) is 46.1 Å². The third-order valence-electron chi connectivity index (χ3n) is 3.71. The molecule has 1 atom stereocenters. The third kappa shape index (κ3) is 6.88. The Kier molecular flexibility index (Phi) is 7.85. The molecule has 1 rings (SSSR count). The molecule has 0 aliphatic heterocycles. The Balaban J connectivity index is 2.19. The molecule has 1 aromatic heterocycles. The first kappa shape index (κ1) is 19.3. The number of ketones is 1. The topological polar surface area (TPSA) is 99.5 Å². The van der Waals surface area contributed by atoms with Gasteiger partial charge in [-0.2, -0.15) is 0 Å². The predicted octanol–water partition coefficient (Wildman–Crippen LogP) is 0.859. The van der Waals surface area contributed by atoms with Gasteiger partial charge in [0.1, 0.15) is 11.9 Å². The van der Waals surface area contributed by atoms with Crippen LogP contribution in [0.5, 0.6) is 0 Å². The van der Waals surface area contributed by atoms with Crippen molar-refractivity contribution in [1.29, 1.82) is 0 Å². The van der Waals surface area contributed by atoms with Gasteiger partial charge in [-0.3, -0.25) is 14.6 Å². The van der Waals surface area contributed by atoms with Crippen LogP contribution in [0.25, 0.3) is 0 Å². The molecule has 0 saturated carbocycles. The Morgan fingerprint density at radius 1 is 1.30 bits per heavy atom. The summed E-state index contributed by atoms with van der Waals surface area (Å²) in [5.74, 6) is -0.397. The molecule has 6 heteroatoms. The fourth-order valence-corrected chi connectivity index (χ4v) is 1.97. The summed E-state index contributed by atoms with van der Waals surface area (Å²) in [5.41, 5.74) is 0.00582. The Labute approximate surface area is 136 Å². The summed E-state index contributed by atoms with van der Waals surface area (Å²) >= 11 is 0. The summed E-state index contributed by atoms with van der Waals surface area (Å²) in [6.45, 7) is 3.26. The number of aliphatic hydroxyl groups is 2. The summed E-state index contributed by atoms with van der Waals surface area (Å²) < 4.78 is 0. The zero-order valence-electron chi connectivity index (χ0n) is 13.8. The maximum absolute atomic E-state index is 11.8. The van der Waals surface area contributed by atoms with E-state index in [4.69, 9.17) is 5.11 Å². The van der Waals surface area contributed by atoms with E-state index in [-0.39, 0.29) is 12.4 Å². The van der Waals surface area contributed by atoms with E-state index in [1.165, 1.54) is 0 Å². The second-order valence-corrected chi connectivity index (χ2v) is 6.30. The molecule has 23 heavy (non-hydrogen) atoms. The average molecular weight is 322 g/mol. The van der Waals surface area contributed by atoms with E-state index in [0.717, 1.165) is 5.69 Å². The molecule has 1 aromatic rings. The van der Waals surface area contributed by atoms with Crippen molar-refractivity contribution in [2.45, 2.75) is 45.6 Å². The highest BCUT2D eigenvalue weighted by atomic mass is 16.3. The molecule has 0 aliphatic rings. The first-order valence-electron chi connectivity index (χ1n) is 7.85. The highest BCUT2D eigenvalue weighted by molar-refractivity contribution is 5.81. The minimum absolute atomic E-state index is 0.126. The second kappa shape index (κ2) is 9.37. The largest absolute Gasteiger partial charge is 0.396 e. The molecule has 0 aliphatic carbocycles. The number of nitrogens with one attached hydrogen (secondary N) is 1. The van der Waals surface area contributed by atoms with Crippen molar-refractivity contribution in [2.24, 2.45) is 5.41 Å². The highest BCUT2D eigenvalue weighted by Gasteiger charge is 2.32. The number of amides is 1. The summed E-state index contributed by atoms with van der Waals surface area (Å²) in [7, 11) is 0. The molecule has 128 valence electrons. The summed E-state index contributed by atoms with van der Waals surface area (Å²) in [6, 6.07) is 5.61. The van der Waals surface area contributed by atoms with Gasteiger partial charge in [-0.25, -0.2) is 0 Å². The van der Waals surface area contributed by atoms with Crippen LogP contribution in [0, 0.1) is 5.41 Å². The molecule has 0 unspecified atom stereocenters. The predicted molar refractivity (Wildman–Crippen MR) is 86.7 cm³/mol. The van der Waals surface area contributed by atoms with Gasteiger partial charge < -0.3 is 15.5 Å². The van der Waals surface area contributed by atoms with E-state index >= 15 is 0 Å². The summed E-state index contributed by atoms with van der Waals surface area (Å²) in [5, 5.41) is 21.5. The van der Waals surface area contributed by atoms with Gasteiger partial charge in [0.15, 0.2) is 0 Å². The standard InChI is InChI=1S/C17H26N2O4/c1-17(2,12-20)15(22)16(23)19-11-5-7-14(21)9-8-13-6-3-4-10-18-13/h3-4,6,10,15,20,22H,5,7-9,11-12H2,1-2H3,(H,19,23)/t15-/m0/s1. The average Bonchev–Trinajstić information content (AvgIpc) is 2.56. The van der Waals surface area contributed by atoms with Crippen LogP contribution in [0.3, 0.4) is 0 Å². The summed E-state index contributed by atoms with van der Waals surface area (Å²) in [4.78, 5) is 27.7. The van der Waals surface area contributed by atoms with Crippen LogP contribution in [0.2, 0.25) is 0 Å². The van der Waals surface area contributed by atoms with Crippen molar-refractivity contribution in [3.63, 3.8) is 0 Å². The van der Waals surface area contributed by atoms with E-state index in [9.17, 15) is 14.7 Å². The molecule has 0 spiro atoms. The van der Waals surface area contributed by atoms with Gasteiger partial charge in [-0.15, -0.1) is 0 Å². The van der Waals surface area contributed by atoms with E-state index in [1.807, 2.05) is 18.2 Å². The number of hydrogen-bond acceptors (Lipinski definition) is 5. The Morgan fingerprint density at radius 3 is 2.65 bits per heavy atom. The fraction of sp³-hybridized carbons (Fsp3) is 0.588. The van der Waals surface area contributed by atoms with Crippen LogP contribution in [0.15, 0.2) is 24.4 Å². The van der Waals surface area contributed by atoms with E-state index in [1.54, 1.807) is 20.0 Å². The van der Waals surface area contributed by atoms with Gasteiger partial charge in [-0.1, -0.05) is 19.9 Å². The lowest BCUT2D eigenvalue weighted by molar-refractivity contribution is -0.137. The van der Waals surface area contributed by atoms with Crippen molar-refractivity contribution in [3.05, 3.63) is 30.1 Å². The van der Waals surface area contributed by atoms with Crippen molar-refractivity contribution < 1.29 is 19.8 Å². The molecule has 0 fully saturated rings. The molecular formula is C17H26N2O4. The first-order valence-corrected chi connectivity index (χ1v) is 7.85. The maximum atomic E-state index is 11.8. The number of aryl methyl sites for hydroxylation is 1. The fourth-order valence-electron chi connectivity index (χ4n) is 1.97. The van der Waals surface area contributed by atoms with Crippen LogP contribution in [0.1, 0.15) is 38.8 Å². The monoisotopic (exact) mass is 322 g/mol. The lowest BCUT2D eigenvalue weighted by Crippen LogP contribution is -2.45. The lowest BCUT2D eigenvalue weighted by atomic mass is 9.87. The Hall–Kier alpha value is -1.79. The summed E-state index contributed by atoms with van der Waals surface area (Å²) in [6.07, 6.45) is 2.40. The molecule has 0 bridgehead atoms. The molecule has 3 N–H and O–H groups in total. The van der Waals surface area contributed by atoms with Gasteiger partial charge in [-0.05, 0) is 25.0 Å². The maximum Gasteiger partial charge on any atom is 0.249 e. The molecule has 0 aromatic carbocycles. The molecule has 6 nitrogen and oxygen atoms in total. The smallest absolute Gasteiger partial charge is 0.249 e. The number of nitrogens with zero attached hydrogens (tertiary/aromatic N) is 1. The normalized spacial score (nSPS) is 12.7. The van der Waals surface area contributed by atoms with Gasteiger partial charge in [0.05, 0.1) is 6.61 Å². The number of aliphatic hydroxyl groups excluding tert-OH is 2. The zero-order valence-corrected chi connectivity index (χ0v) is 13.8. The van der Waals surface area contributed by atoms with Crippen LogP contribution in [0.4, 0.5) is 0 Å². The minimum Gasteiger partial charge on any atom is -0.396 e. The quantitative estimate of drug-likeness (QED) is 0.555. The number of hydrogen-bond donors (Lipinski definition) is 3. The SMILES string of the molecule is CC(C)(CO)[C@@H](O)C(=O)NCCCC(=O)CCc1ccccn1. The van der Waals surface area contributed by atoms with Gasteiger partial charge in [0, 0.05) is 36.7 Å². The number of pyridine rings is 1. The number of carbonyl (C=O) groups is 2. The van der Waals surface area contributed by atoms with Gasteiger partial charge >= 0.3 is 0 Å². The van der Waals surface area contributed by atoms with Crippen molar-refractivity contribution in [3.8, 4) is 0 Å². The second-order valence-electron chi connectivity index (χ2n) is 6.30. The molecule has 0 radical (unpaired) electrons. The highest BCUT2D eigenvalue weighted by Crippen LogP contribution is 2.19. The van der Waals surface area contributed by atoms with Gasteiger partial charge in [0.2, 0.25) is 5.91 Å². The number of carbonyl (C=O) groups excluding carboxylic acids is 2. The minimum atomic E-state index is -1.27. The third-order valence-corrected chi connectivity index (χ3v) is 3.71. The number of aromatic nitrogens is 1. The van der Waals surface area contributed by atoms with Crippen molar-refractivity contribution >= 4 is 11.7 Å². The molecular weight excluding hydrogens is 296 g/mol. The lowest BCUT2D eigenvalue weighted by Gasteiger charge is -2.27. The Bertz CT molecular complexity index is 503. The molecule has 1 heterocycles. The zero-order chi connectivity index (χ0) is 17.3. The van der Waals surface area contributed by atoms with Gasteiger partial charge in [0.25, 0.3) is 0 Å². The first-order chi connectivity index (χ1) is 10.9. The van der Waals surface area contributed by atoms with Crippen LogP contribution in [-0.2, 0) is 16.0 Å². The van der Waals surface area contributed by atoms with Crippen LogP contribution < -0.4 is 5.32 Å². The van der Waals surface area contributed by atoms with Crippen molar-refractivity contribution in [1.82, 2.24) is 10.3 Å². The van der Waals surface area contributed by atoms with E-state index < -0.39 is 17.4 Å². The molecule has 1 amide bonds. The number of rotatable bonds is 10. The van der Waals surface area contributed by atoms with E-state index in [2.05, 4.69) is 10.3 Å². The Morgan fingerprint density at radius 2 is 2.04 bits per heavy atom.